The van der Waals surface area contributed by atoms with Crippen molar-refractivity contribution in [3.63, 3.8) is 0 Å². The molecule has 0 saturated carbocycles. The van der Waals surface area contributed by atoms with E-state index >= 15 is 0 Å². The van der Waals surface area contributed by atoms with Crippen LogP contribution in [0.1, 0.15) is 33.1 Å². The average molecular weight is 198 g/mol. The molecule has 3 nitrogen and oxygen atoms in total. The fraction of sp³-hybridized carbons (Fsp3) is 0.727. The predicted octanol–water partition coefficient (Wildman–Crippen LogP) is 1.64. The molecule has 0 N–H and O–H groups in total. The van der Waals surface area contributed by atoms with Gasteiger partial charge in [0.25, 0.3) is 0 Å². The molecule has 0 bridgehead atoms. The van der Waals surface area contributed by atoms with Crippen LogP contribution in [0, 0.1) is 17.8 Å². The van der Waals surface area contributed by atoms with Crippen molar-refractivity contribution in [1.29, 1.82) is 0 Å². The molecule has 0 aliphatic carbocycles. The van der Waals surface area contributed by atoms with Gasteiger partial charge >= 0.3 is 0 Å². The summed E-state index contributed by atoms with van der Waals surface area (Å²) in [5.41, 5.74) is 0. The van der Waals surface area contributed by atoms with Crippen molar-refractivity contribution in [2.45, 2.75) is 33.1 Å². The second-order valence-corrected chi connectivity index (χ2v) is 3.84. The third-order valence-electron chi connectivity index (χ3n) is 2.49. The van der Waals surface area contributed by atoms with Crippen LogP contribution in [0.2, 0.25) is 0 Å². The van der Waals surface area contributed by atoms with Crippen LogP contribution in [0.15, 0.2) is 0 Å². The van der Waals surface area contributed by atoms with E-state index in [0.717, 1.165) is 31.7 Å². The molecule has 80 valence electrons. The van der Waals surface area contributed by atoms with E-state index in [1.54, 1.807) is 6.92 Å². The Morgan fingerprint density at radius 1 is 0.929 bits per heavy atom. The number of carbonyl (C=O) groups excluding carboxylic acids is 3. The molecule has 0 aromatic carbocycles. The van der Waals surface area contributed by atoms with E-state index in [0.29, 0.717) is 6.42 Å². The Bertz CT molecular complexity index is 189. The van der Waals surface area contributed by atoms with Gasteiger partial charge in [-0.3, -0.25) is 0 Å². The molecule has 0 amide bonds. The van der Waals surface area contributed by atoms with Crippen molar-refractivity contribution in [2.75, 3.05) is 0 Å². The minimum Gasteiger partial charge on any atom is -0.303 e. The lowest BCUT2D eigenvalue weighted by atomic mass is 9.90. The highest BCUT2D eigenvalue weighted by molar-refractivity contribution is 5.64. The van der Waals surface area contributed by atoms with Crippen molar-refractivity contribution in [3.05, 3.63) is 0 Å². The lowest BCUT2D eigenvalue weighted by Gasteiger charge is -2.12. The van der Waals surface area contributed by atoms with Gasteiger partial charge < -0.3 is 14.4 Å². The smallest absolute Gasteiger partial charge is 0.123 e. The largest absolute Gasteiger partial charge is 0.303 e. The molecule has 14 heavy (non-hydrogen) atoms. The molecule has 3 atom stereocenters. The first-order valence-corrected chi connectivity index (χ1v) is 5.01. The molecule has 0 fully saturated rings. The number of hydrogen-bond donors (Lipinski definition) is 0. The van der Waals surface area contributed by atoms with Crippen LogP contribution in [-0.4, -0.2) is 18.9 Å². The van der Waals surface area contributed by atoms with Crippen LogP contribution in [0.4, 0.5) is 0 Å². The van der Waals surface area contributed by atoms with Gasteiger partial charge in [0.2, 0.25) is 0 Å². The summed E-state index contributed by atoms with van der Waals surface area (Å²) in [4.78, 5) is 31.4. The Morgan fingerprint density at radius 2 is 1.57 bits per heavy atom. The first kappa shape index (κ1) is 13.0. The fourth-order valence-electron chi connectivity index (χ4n) is 1.30. The molecule has 3 heteroatoms. The number of rotatable bonds is 8. The summed E-state index contributed by atoms with van der Waals surface area (Å²) in [6.45, 7) is 3.60. The molecule has 0 aromatic rings. The van der Waals surface area contributed by atoms with Crippen LogP contribution in [-0.2, 0) is 14.4 Å². The number of aldehydes is 3. The maximum atomic E-state index is 10.6. The minimum atomic E-state index is -0.209. The van der Waals surface area contributed by atoms with Crippen LogP contribution in [0.25, 0.3) is 0 Å². The minimum absolute atomic E-state index is 0.0499. The Hall–Kier alpha value is -0.990. The van der Waals surface area contributed by atoms with Gasteiger partial charge in [-0.15, -0.1) is 0 Å². The van der Waals surface area contributed by atoms with E-state index in [4.69, 9.17) is 0 Å². The summed E-state index contributed by atoms with van der Waals surface area (Å²) in [5, 5.41) is 0. The third kappa shape index (κ3) is 4.90. The predicted molar refractivity (Wildman–Crippen MR) is 53.9 cm³/mol. The zero-order valence-corrected chi connectivity index (χ0v) is 8.81. The molecule has 0 heterocycles. The SMILES string of the molecule is CC(C=O)CCCC(C=O)C(C)C=O. The molecule has 0 aromatic heterocycles. The highest BCUT2D eigenvalue weighted by Crippen LogP contribution is 2.16. The Kier molecular flexibility index (Phi) is 6.89. The van der Waals surface area contributed by atoms with Gasteiger partial charge in [-0.2, -0.15) is 0 Å². The van der Waals surface area contributed by atoms with Crippen molar-refractivity contribution >= 4 is 18.9 Å². The lowest BCUT2D eigenvalue weighted by Crippen LogP contribution is -2.14. The molecule has 0 aliphatic heterocycles. The van der Waals surface area contributed by atoms with Gasteiger partial charge in [-0.05, 0) is 12.8 Å². The Labute approximate surface area is 84.9 Å². The van der Waals surface area contributed by atoms with E-state index < -0.39 is 0 Å². The normalized spacial score (nSPS) is 16.7. The first-order chi connectivity index (χ1) is 6.65. The standard InChI is InChI=1S/C11H18O3/c1-9(6-12)4-3-5-11(8-14)10(2)7-13/h6-11H,3-5H2,1-2H3. The highest BCUT2D eigenvalue weighted by atomic mass is 16.1. The van der Waals surface area contributed by atoms with Crippen LogP contribution >= 0.6 is 0 Å². The molecular weight excluding hydrogens is 180 g/mol. The molecule has 0 aliphatic rings. The maximum absolute atomic E-state index is 10.6. The average Bonchev–Trinajstić information content (AvgIpc) is 2.22. The molecule has 0 spiro atoms. The van der Waals surface area contributed by atoms with E-state index in [-0.39, 0.29) is 17.8 Å². The topological polar surface area (TPSA) is 51.2 Å². The van der Waals surface area contributed by atoms with Crippen LogP contribution in [0.5, 0.6) is 0 Å². The lowest BCUT2D eigenvalue weighted by molar-refractivity contribution is -0.119. The van der Waals surface area contributed by atoms with Crippen molar-refractivity contribution in [3.8, 4) is 0 Å². The molecular formula is C11H18O3. The summed E-state index contributed by atoms with van der Waals surface area (Å²) in [6.07, 6.45) is 4.87. The third-order valence-corrected chi connectivity index (χ3v) is 2.49. The van der Waals surface area contributed by atoms with Crippen LogP contribution < -0.4 is 0 Å². The number of carbonyl (C=O) groups is 3. The number of hydrogen-bond acceptors (Lipinski definition) is 3. The maximum Gasteiger partial charge on any atom is 0.123 e. The Morgan fingerprint density at radius 3 is 2.00 bits per heavy atom. The highest BCUT2D eigenvalue weighted by Gasteiger charge is 2.15. The van der Waals surface area contributed by atoms with Crippen LogP contribution in [0.3, 0.4) is 0 Å². The zero-order chi connectivity index (χ0) is 11.0. The van der Waals surface area contributed by atoms with Gasteiger partial charge in [0.15, 0.2) is 0 Å². The van der Waals surface area contributed by atoms with Gasteiger partial charge in [-0.1, -0.05) is 20.3 Å². The van der Waals surface area contributed by atoms with E-state index in [1.165, 1.54) is 0 Å². The summed E-state index contributed by atoms with van der Waals surface area (Å²) >= 11 is 0. The van der Waals surface area contributed by atoms with Gasteiger partial charge in [0, 0.05) is 17.8 Å². The Balaban J connectivity index is 3.78. The molecule has 3 unspecified atom stereocenters. The second-order valence-electron chi connectivity index (χ2n) is 3.84. The van der Waals surface area contributed by atoms with Crippen molar-refractivity contribution in [2.24, 2.45) is 17.8 Å². The quantitative estimate of drug-likeness (QED) is 0.557. The second kappa shape index (κ2) is 7.42. The van der Waals surface area contributed by atoms with Gasteiger partial charge in [-0.25, -0.2) is 0 Å². The molecule has 0 saturated heterocycles. The molecule has 0 rings (SSSR count). The fourth-order valence-corrected chi connectivity index (χ4v) is 1.30. The monoisotopic (exact) mass is 198 g/mol. The van der Waals surface area contributed by atoms with E-state index in [2.05, 4.69) is 0 Å². The first-order valence-electron chi connectivity index (χ1n) is 5.01. The zero-order valence-electron chi connectivity index (χ0n) is 8.81. The van der Waals surface area contributed by atoms with Gasteiger partial charge in [0.05, 0.1) is 0 Å². The van der Waals surface area contributed by atoms with E-state index in [1.807, 2.05) is 6.92 Å². The van der Waals surface area contributed by atoms with Crippen molar-refractivity contribution in [1.82, 2.24) is 0 Å². The summed E-state index contributed by atoms with van der Waals surface area (Å²) in [6, 6.07) is 0. The summed E-state index contributed by atoms with van der Waals surface area (Å²) in [7, 11) is 0. The summed E-state index contributed by atoms with van der Waals surface area (Å²) in [5.74, 6) is -0.348. The van der Waals surface area contributed by atoms with E-state index in [9.17, 15) is 14.4 Å². The van der Waals surface area contributed by atoms with Gasteiger partial charge in [0.1, 0.15) is 18.9 Å². The summed E-state index contributed by atoms with van der Waals surface area (Å²) < 4.78 is 0. The van der Waals surface area contributed by atoms with Crippen molar-refractivity contribution < 1.29 is 14.4 Å². The molecule has 0 radical (unpaired) electrons.